The summed E-state index contributed by atoms with van der Waals surface area (Å²) in [6, 6.07) is 18.6. The summed E-state index contributed by atoms with van der Waals surface area (Å²) in [5.74, 6) is 0.0311. The molecule has 4 rings (SSSR count). The molecular formula is C23H27ClN4O. The van der Waals surface area contributed by atoms with Gasteiger partial charge < -0.3 is 10.2 Å². The van der Waals surface area contributed by atoms with Gasteiger partial charge in [0, 0.05) is 31.4 Å². The zero-order chi connectivity index (χ0) is 19.5. The molecule has 1 fully saturated rings. The summed E-state index contributed by atoms with van der Waals surface area (Å²) < 4.78 is 1.87. The second-order valence-corrected chi connectivity index (χ2v) is 7.50. The molecule has 1 aromatic heterocycles. The van der Waals surface area contributed by atoms with Crippen molar-refractivity contribution in [2.45, 2.75) is 25.9 Å². The molecule has 1 aliphatic rings. The van der Waals surface area contributed by atoms with Crippen LogP contribution in [0.1, 0.15) is 27.9 Å². The van der Waals surface area contributed by atoms with E-state index in [9.17, 15) is 4.79 Å². The van der Waals surface area contributed by atoms with Gasteiger partial charge in [-0.15, -0.1) is 12.4 Å². The number of aromatic nitrogens is 2. The van der Waals surface area contributed by atoms with Crippen LogP contribution in [0.4, 0.5) is 0 Å². The van der Waals surface area contributed by atoms with Gasteiger partial charge in [0.1, 0.15) is 5.69 Å². The van der Waals surface area contributed by atoms with Crippen molar-refractivity contribution < 1.29 is 4.79 Å². The van der Waals surface area contributed by atoms with Crippen LogP contribution in [0.5, 0.6) is 0 Å². The minimum absolute atomic E-state index is 0. The number of hydrogen-bond donors (Lipinski definition) is 1. The molecule has 1 aliphatic heterocycles. The molecule has 2 heterocycles. The fourth-order valence-electron chi connectivity index (χ4n) is 3.68. The lowest BCUT2D eigenvalue weighted by molar-refractivity contribution is 0.0744. The summed E-state index contributed by atoms with van der Waals surface area (Å²) >= 11 is 0. The maximum Gasteiger partial charge on any atom is 0.257 e. The van der Waals surface area contributed by atoms with Crippen molar-refractivity contribution in [3.8, 4) is 11.3 Å². The van der Waals surface area contributed by atoms with Crippen LogP contribution in [0.15, 0.2) is 60.8 Å². The van der Waals surface area contributed by atoms with E-state index in [4.69, 9.17) is 5.10 Å². The van der Waals surface area contributed by atoms with E-state index in [1.165, 1.54) is 5.56 Å². The van der Waals surface area contributed by atoms with E-state index in [-0.39, 0.29) is 24.4 Å². The number of aryl methyl sites for hydroxylation is 1. The summed E-state index contributed by atoms with van der Waals surface area (Å²) in [5.41, 5.74) is 4.73. The van der Waals surface area contributed by atoms with Gasteiger partial charge in [-0.3, -0.25) is 9.48 Å². The van der Waals surface area contributed by atoms with Crippen molar-refractivity contribution in [2.24, 2.45) is 0 Å². The topological polar surface area (TPSA) is 50.2 Å². The first-order valence-electron chi connectivity index (χ1n) is 9.78. The molecule has 3 aromatic rings. The van der Waals surface area contributed by atoms with Crippen molar-refractivity contribution in [1.29, 1.82) is 0 Å². The predicted octanol–water partition coefficient (Wildman–Crippen LogP) is 3.76. The SMILES string of the molecule is Cc1ccc(-c2nn(Cc3ccccc3)cc2C(=O)N(C)C2CCNC2)cc1.Cl. The minimum atomic E-state index is 0. The van der Waals surface area contributed by atoms with E-state index in [0.717, 1.165) is 36.3 Å². The molecule has 0 bridgehead atoms. The number of hydrogen-bond acceptors (Lipinski definition) is 3. The van der Waals surface area contributed by atoms with Crippen molar-refractivity contribution in [3.05, 3.63) is 77.5 Å². The molecule has 0 spiro atoms. The minimum Gasteiger partial charge on any atom is -0.337 e. The Morgan fingerprint density at radius 2 is 1.90 bits per heavy atom. The highest BCUT2D eigenvalue weighted by Crippen LogP contribution is 2.25. The fraction of sp³-hybridized carbons (Fsp3) is 0.304. The summed E-state index contributed by atoms with van der Waals surface area (Å²) in [6.45, 7) is 4.51. The standard InChI is InChI=1S/C23H26N4O.ClH/c1-17-8-10-19(11-9-17)22-21(23(28)26(2)20-12-13-24-14-20)16-27(25-22)15-18-6-4-3-5-7-18;/h3-11,16,20,24H,12-15H2,1-2H3;1H. The molecule has 29 heavy (non-hydrogen) atoms. The van der Waals surface area contributed by atoms with Crippen molar-refractivity contribution in [3.63, 3.8) is 0 Å². The Kier molecular flexibility index (Phi) is 6.72. The number of rotatable bonds is 5. The number of carbonyl (C=O) groups excluding carboxylic acids is 1. The quantitative estimate of drug-likeness (QED) is 0.696. The Bertz CT molecular complexity index is 947. The van der Waals surface area contributed by atoms with Crippen LogP contribution >= 0.6 is 12.4 Å². The zero-order valence-electron chi connectivity index (χ0n) is 16.8. The Morgan fingerprint density at radius 3 is 2.55 bits per heavy atom. The Hall–Kier alpha value is -2.63. The van der Waals surface area contributed by atoms with Gasteiger partial charge in [-0.2, -0.15) is 5.10 Å². The number of carbonyl (C=O) groups is 1. The lowest BCUT2D eigenvalue weighted by Crippen LogP contribution is -2.38. The van der Waals surface area contributed by atoms with Crippen LogP contribution in [-0.2, 0) is 6.54 Å². The van der Waals surface area contributed by atoms with E-state index in [1.54, 1.807) is 0 Å². The molecule has 1 atom stereocenters. The van der Waals surface area contributed by atoms with E-state index < -0.39 is 0 Å². The number of halogens is 1. The van der Waals surface area contributed by atoms with Gasteiger partial charge in [0.15, 0.2) is 0 Å². The Labute approximate surface area is 178 Å². The van der Waals surface area contributed by atoms with Gasteiger partial charge in [0.25, 0.3) is 5.91 Å². The first-order valence-corrected chi connectivity index (χ1v) is 9.78. The molecular weight excluding hydrogens is 384 g/mol. The van der Waals surface area contributed by atoms with E-state index in [2.05, 4.69) is 36.5 Å². The van der Waals surface area contributed by atoms with E-state index in [0.29, 0.717) is 12.1 Å². The van der Waals surface area contributed by atoms with Gasteiger partial charge in [-0.25, -0.2) is 0 Å². The van der Waals surface area contributed by atoms with Crippen molar-refractivity contribution in [1.82, 2.24) is 20.0 Å². The highest BCUT2D eigenvalue weighted by molar-refractivity contribution is 5.99. The Morgan fingerprint density at radius 1 is 1.17 bits per heavy atom. The molecule has 0 aliphatic carbocycles. The summed E-state index contributed by atoms with van der Waals surface area (Å²) in [6.07, 6.45) is 2.88. The third-order valence-electron chi connectivity index (χ3n) is 5.41. The largest absolute Gasteiger partial charge is 0.337 e. The maximum absolute atomic E-state index is 13.3. The first-order chi connectivity index (χ1) is 13.6. The van der Waals surface area contributed by atoms with Gasteiger partial charge in [-0.1, -0.05) is 60.2 Å². The smallest absolute Gasteiger partial charge is 0.257 e. The lowest BCUT2D eigenvalue weighted by Gasteiger charge is -2.23. The number of benzene rings is 2. The van der Waals surface area contributed by atoms with Crippen molar-refractivity contribution >= 4 is 18.3 Å². The molecule has 5 nitrogen and oxygen atoms in total. The van der Waals surface area contributed by atoms with Gasteiger partial charge in [0.2, 0.25) is 0 Å². The monoisotopic (exact) mass is 410 g/mol. The van der Waals surface area contributed by atoms with Crippen LogP contribution in [0.25, 0.3) is 11.3 Å². The molecule has 1 N–H and O–H groups in total. The first kappa shape index (κ1) is 21.1. The van der Waals surface area contributed by atoms with Crippen LogP contribution < -0.4 is 5.32 Å². The second-order valence-electron chi connectivity index (χ2n) is 7.50. The number of likely N-dealkylation sites (N-methyl/N-ethyl adjacent to an activating group) is 1. The molecule has 0 saturated carbocycles. The number of amides is 1. The van der Waals surface area contributed by atoms with Gasteiger partial charge >= 0.3 is 0 Å². The van der Waals surface area contributed by atoms with Gasteiger partial charge in [-0.05, 0) is 25.5 Å². The van der Waals surface area contributed by atoms with Crippen LogP contribution in [0, 0.1) is 6.92 Å². The third kappa shape index (κ3) is 4.69. The van der Waals surface area contributed by atoms with Gasteiger partial charge in [0.05, 0.1) is 12.1 Å². The summed E-state index contributed by atoms with van der Waals surface area (Å²) in [5, 5.41) is 8.12. The van der Waals surface area contributed by atoms with Crippen LogP contribution in [0.2, 0.25) is 0 Å². The second kappa shape index (κ2) is 9.25. The summed E-state index contributed by atoms with van der Waals surface area (Å²) in [7, 11) is 1.90. The molecule has 1 unspecified atom stereocenters. The normalized spacial score (nSPS) is 15.7. The van der Waals surface area contributed by atoms with E-state index >= 15 is 0 Å². The molecule has 0 radical (unpaired) electrons. The number of nitrogens with one attached hydrogen (secondary N) is 1. The molecule has 1 amide bonds. The maximum atomic E-state index is 13.3. The number of nitrogens with zero attached hydrogens (tertiary/aromatic N) is 3. The predicted molar refractivity (Wildman–Crippen MR) is 119 cm³/mol. The van der Waals surface area contributed by atoms with Crippen molar-refractivity contribution in [2.75, 3.05) is 20.1 Å². The van der Waals surface area contributed by atoms with E-state index in [1.807, 2.05) is 53.2 Å². The highest BCUT2D eigenvalue weighted by atomic mass is 35.5. The average Bonchev–Trinajstić information content (AvgIpc) is 3.38. The van der Waals surface area contributed by atoms with Crippen LogP contribution in [-0.4, -0.2) is 46.8 Å². The highest BCUT2D eigenvalue weighted by Gasteiger charge is 2.27. The fourth-order valence-corrected chi connectivity index (χ4v) is 3.68. The average molecular weight is 411 g/mol. The lowest BCUT2D eigenvalue weighted by atomic mass is 10.1. The molecule has 152 valence electrons. The Balaban J connectivity index is 0.00000240. The molecule has 2 aromatic carbocycles. The van der Waals surface area contributed by atoms with Crippen LogP contribution in [0.3, 0.4) is 0 Å². The summed E-state index contributed by atoms with van der Waals surface area (Å²) in [4.78, 5) is 15.2. The molecule has 1 saturated heterocycles. The third-order valence-corrected chi connectivity index (χ3v) is 5.41. The zero-order valence-corrected chi connectivity index (χ0v) is 17.7. The molecule has 6 heteroatoms.